The minimum atomic E-state index is -3.13. The summed E-state index contributed by atoms with van der Waals surface area (Å²) < 4.78 is 101. The topological polar surface area (TPSA) is 242 Å². The number of H-pyrrole nitrogens is 2. The molecule has 2 aromatic heterocycles. The minimum absolute atomic E-state index is 0.00756. The number of aromatic amines is 2. The quantitative estimate of drug-likeness (QED) is 0.0615. The fraction of sp³-hybridized carbons (Fsp3) is 0.571. The largest absolute Gasteiger partial charge is 0.461 e. The van der Waals surface area contributed by atoms with Gasteiger partial charge in [-0.05, 0) is 129 Å². The number of ether oxygens (including phenoxy) is 4. The molecule has 4 aromatic rings. The van der Waals surface area contributed by atoms with Gasteiger partial charge in [0.15, 0.2) is 0 Å². The minimum Gasteiger partial charge on any atom is -0.461 e. The van der Waals surface area contributed by atoms with Gasteiger partial charge in [-0.15, -0.1) is 0 Å². The lowest BCUT2D eigenvalue weighted by atomic mass is 9.94. The number of likely N-dealkylation sites (tertiary alicyclic amines) is 2. The summed E-state index contributed by atoms with van der Waals surface area (Å²) in [7, 11) is 0. The number of hydrogen-bond acceptors (Lipinski definition) is 12. The first kappa shape index (κ1) is 51.5. The summed E-state index contributed by atoms with van der Waals surface area (Å²) in [6.45, 7) is 10.7. The lowest BCUT2D eigenvalue weighted by Crippen LogP contribution is -2.55. The second-order valence-electron chi connectivity index (χ2n) is 22.0. The zero-order chi connectivity index (χ0) is 62.9. The van der Waals surface area contributed by atoms with Crippen LogP contribution in [0.4, 0.5) is 18.4 Å². The Labute approximate surface area is 462 Å². The average Bonchev–Trinajstić information content (AvgIpc) is 2.83. The summed E-state index contributed by atoms with van der Waals surface area (Å²) in [5.74, 6) is -5.70. The number of likely N-dealkylation sites (N-methyl/N-ethyl adjacent to an activating group) is 2. The average molecular weight is 1100 g/mol. The normalized spacial score (nSPS) is 20.6. The van der Waals surface area contributed by atoms with Crippen LogP contribution >= 0.6 is 0 Å². The predicted octanol–water partition coefficient (Wildman–Crippen LogP) is 7.05. The maximum absolute atomic E-state index is 15.2. The molecular weight excluding hydrogens is 1010 g/mol. The van der Waals surface area contributed by atoms with Gasteiger partial charge in [0.1, 0.15) is 59.2 Å². The van der Waals surface area contributed by atoms with Gasteiger partial charge in [0.2, 0.25) is 23.6 Å². The highest BCUT2D eigenvalue weighted by Gasteiger charge is 2.43. The van der Waals surface area contributed by atoms with Crippen LogP contribution < -0.4 is 10.6 Å². The second kappa shape index (κ2) is 24.2. The van der Waals surface area contributed by atoms with E-state index in [1.165, 1.54) is 115 Å². The van der Waals surface area contributed by atoms with Gasteiger partial charge in [-0.3, -0.25) is 38.6 Å². The zero-order valence-corrected chi connectivity index (χ0v) is 46.2. The lowest BCUT2D eigenvalue weighted by molar-refractivity contribution is -0.147. The zero-order valence-electron chi connectivity index (χ0n) is 52.2. The number of hydrogen-bond donors (Lipinski definition) is 4. The smallest absolute Gasteiger partial charge is 0.410 e. The van der Waals surface area contributed by atoms with Crippen LogP contribution in [-0.4, -0.2) is 164 Å². The highest BCUT2D eigenvalue weighted by atomic mass is 19.1. The van der Waals surface area contributed by atoms with Crippen LogP contribution in [0.25, 0.3) is 33.2 Å². The van der Waals surface area contributed by atoms with Crippen LogP contribution in [0.5, 0.6) is 0 Å². The molecule has 0 saturated carbocycles. The van der Waals surface area contributed by atoms with Gasteiger partial charge in [-0.1, -0.05) is 13.8 Å². The van der Waals surface area contributed by atoms with E-state index >= 15 is 8.78 Å². The Balaban J connectivity index is 1.40. The van der Waals surface area contributed by atoms with Crippen molar-refractivity contribution in [3.05, 3.63) is 59.2 Å². The first-order chi connectivity index (χ1) is 38.8. The van der Waals surface area contributed by atoms with Crippen molar-refractivity contribution in [1.82, 2.24) is 40.2 Å². The van der Waals surface area contributed by atoms with Crippen molar-refractivity contribution in [3.8, 4) is 11.4 Å². The van der Waals surface area contributed by atoms with Crippen molar-refractivity contribution in [2.45, 2.75) is 181 Å². The molecule has 78 heavy (non-hydrogen) atoms. The third-order valence-corrected chi connectivity index (χ3v) is 13.6. The number of rotatable bonds is 17. The Hall–Kier alpha value is -7.26. The van der Waals surface area contributed by atoms with Gasteiger partial charge < -0.3 is 49.3 Å². The van der Waals surface area contributed by atoms with Crippen molar-refractivity contribution in [1.29, 1.82) is 0 Å². The third kappa shape index (κ3) is 14.3. The number of halogens is 2. The summed E-state index contributed by atoms with van der Waals surface area (Å²) in [5.41, 5.74) is 0.126. The number of nitrogens with one attached hydrogen (secondary N) is 4. The number of amides is 6. The molecule has 22 heteroatoms. The van der Waals surface area contributed by atoms with E-state index in [-0.39, 0.29) is 51.6 Å². The Morgan fingerprint density at radius 2 is 1.01 bits per heavy atom. The molecule has 0 unspecified atom stereocenters. The van der Waals surface area contributed by atoms with E-state index < -0.39 is 133 Å². The van der Waals surface area contributed by atoms with Crippen LogP contribution in [0.2, 0.25) is 0 Å². The molecule has 4 N–H and O–H groups in total. The van der Waals surface area contributed by atoms with Crippen molar-refractivity contribution in [2.75, 3.05) is 27.0 Å². The molecule has 2 aliphatic heterocycles. The highest BCUT2D eigenvalue weighted by molar-refractivity contribution is 5.97. The number of carbonyl (C=O) groups excluding carboxylic acids is 8. The Morgan fingerprint density at radius 1 is 0.654 bits per heavy atom. The summed E-state index contributed by atoms with van der Waals surface area (Å²) in [6, 6.07) is 0.608. The van der Waals surface area contributed by atoms with Gasteiger partial charge in [-0.25, -0.2) is 18.4 Å². The Morgan fingerprint density at radius 3 is 1.32 bits per heavy atom. The molecule has 2 aliphatic rings. The van der Waals surface area contributed by atoms with E-state index in [1.807, 2.05) is 0 Å². The van der Waals surface area contributed by atoms with Crippen molar-refractivity contribution < 1.29 is 74.3 Å². The SMILES string of the molecule is [2H]C([2H])([2H])N(C(=O)OC(C)(C)C)[C@@H](C)C(=O)N[C@@H](CC)C(=O)N1C[C@@H](OC(C)=O)C[C@H]1Cc1c(-c2[nH]c3cc(F)ccc3c2C[C@@H]2C[C@H](OC(C)=O)CN2C(=O)[C@H](CC)NC(=O)[C@H](C)N(C(=O)OC(C)(C)C)C([2H])([2H])[2H])[nH]c2cc(F)ccc12. The predicted molar refractivity (Wildman–Crippen MR) is 286 cm³/mol. The Kier molecular flexibility index (Phi) is 16.0. The first-order valence-electron chi connectivity index (χ1n) is 29.0. The van der Waals surface area contributed by atoms with E-state index in [9.17, 15) is 38.4 Å². The number of nitrogens with zero attached hydrogens (tertiary/aromatic N) is 4. The monoisotopic (exact) mass is 1100 g/mol. The van der Waals surface area contributed by atoms with Gasteiger partial charge in [0, 0.05) is 82.8 Å². The van der Waals surface area contributed by atoms with Crippen LogP contribution in [0.1, 0.15) is 128 Å². The number of benzene rings is 2. The summed E-state index contributed by atoms with van der Waals surface area (Å²) in [4.78, 5) is 119. The van der Waals surface area contributed by atoms with Gasteiger partial charge in [0.25, 0.3) is 0 Å². The highest BCUT2D eigenvalue weighted by Crippen LogP contribution is 2.40. The summed E-state index contributed by atoms with van der Waals surface area (Å²) in [5, 5.41) is 6.23. The molecule has 8 atom stereocenters. The first-order valence-corrected chi connectivity index (χ1v) is 26.0. The van der Waals surface area contributed by atoms with Gasteiger partial charge in [-0.2, -0.15) is 0 Å². The molecule has 0 bridgehead atoms. The summed E-state index contributed by atoms with van der Waals surface area (Å²) >= 11 is 0. The van der Waals surface area contributed by atoms with Crippen LogP contribution in [0.3, 0.4) is 0 Å². The molecule has 6 rings (SSSR count). The van der Waals surface area contributed by atoms with Gasteiger partial charge in [0.05, 0.1) is 24.5 Å². The molecule has 4 heterocycles. The standard InChI is InChI=1S/C56H76F2N8O12/c1-15-43(61-49(69)29(3)63(13)53(73)77-55(7,8)9)51(71)65-27-37(75-31(5)67)23-35(65)25-41-39-19-17-33(57)21-45(39)59-47(41)48-42(40-20-18-34(58)22-46(40)60-48)26-36-24-38(76-32(6)68)28-66(36)52(72)44(16-2)62-50(70)30(4)64(14)54(74)78-56(10,11)12/h17-22,29-30,35-38,43-44,59-60H,15-16,23-28H2,1-14H3,(H,61,69)(H,62,70)/t29-,30-,35-,36-,37-,38-,43-,44-/m0/s1/i13D3,14D3. The molecule has 20 nitrogen and oxygen atoms in total. The molecule has 426 valence electrons. The lowest BCUT2D eigenvalue weighted by Gasteiger charge is -2.31. The number of fused-ring (bicyclic) bond motifs is 2. The fourth-order valence-electron chi connectivity index (χ4n) is 9.93. The summed E-state index contributed by atoms with van der Waals surface area (Å²) in [6.07, 6.45) is -4.13. The molecule has 2 fully saturated rings. The van der Waals surface area contributed by atoms with Crippen molar-refractivity contribution in [3.63, 3.8) is 0 Å². The third-order valence-electron chi connectivity index (χ3n) is 13.6. The van der Waals surface area contributed by atoms with E-state index in [4.69, 9.17) is 27.2 Å². The second-order valence-corrected chi connectivity index (χ2v) is 22.0. The molecule has 0 aliphatic carbocycles. The molecular formula is C56H76F2N8O12. The van der Waals surface area contributed by atoms with Gasteiger partial charge >= 0.3 is 24.1 Å². The molecule has 0 radical (unpaired) electrons. The van der Waals surface area contributed by atoms with Crippen molar-refractivity contribution >= 4 is 69.6 Å². The number of esters is 2. The van der Waals surface area contributed by atoms with E-state index in [2.05, 4.69) is 20.6 Å². The number of carbonyl (C=O) groups is 8. The van der Waals surface area contributed by atoms with E-state index in [1.54, 1.807) is 13.8 Å². The maximum Gasteiger partial charge on any atom is 0.410 e. The molecule has 6 amide bonds. The van der Waals surface area contributed by atoms with Crippen LogP contribution in [0, 0.1) is 11.6 Å². The Bertz CT molecular complexity index is 2950. The van der Waals surface area contributed by atoms with Crippen LogP contribution in [0.15, 0.2) is 36.4 Å². The maximum atomic E-state index is 15.2. The molecule has 2 saturated heterocycles. The fourth-order valence-corrected chi connectivity index (χ4v) is 9.93. The van der Waals surface area contributed by atoms with Crippen molar-refractivity contribution in [2.24, 2.45) is 0 Å². The van der Waals surface area contributed by atoms with E-state index in [0.29, 0.717) is 54.1 Å². The van der Waals surface area contributed by atoms with Crippen LogP contribution in [-0.2, 0) is 60.6 Å². The van der Waals surface area contributed by atoms with E-state index in [0.717, 1.165) is 0 Å². The molecule has 0 spiro atoms. The number of aromatic nitrogens is 2. The molecule has 2 aromatic carbocycles.